The molecule has 213 valence electrons. The Labute approximate surface area is 271 Å². The second kappa shape index (κ2) is 12.1. The third-order valence-electron chi connectivity index (χ3n) is 8.52. The molecule has 0 unspecified atom stereocenters. The molecule has 0 spiro atoms. The summed E-state index contributed by atoms with van der Waals surface area (Å²) in [6, 6.07) is 54.4. The first-order chi connectivity index (χ1) is 21.3. The van der Waals surface area contributed by atoms with Crippen molar-refractivity contribution < 1.29 is 29.9 Å². The second-order valence-electron chi connectivity index (χ2n) is 11.1. The molecule has 0 amide bonds. The van der Waals surface area contributed by atoms with Crippen LogP contribution in [0.4, 0.5) is 0 Å². The van der Waals surface area contributed by atoms with Crippen LogP contribution < -0.4 is 9.47 Å². The van der Waals surface area contributed by atoms with Gasteiger partial charge < -0.3 is 9.47 Å². The van der Waals surface area contributed by atoms with Crippen molar-refractivity contribution >= 4 is 21.5 Å². The van der Waals surface area contributed by atoms with Crippen LogP contribution >= 0.6 is 0 Å². The molecule has 1 heterocycles. The van der Waals surface area contributed by atoms with Crippen molar-refractivity contribution in [2.45, 2.75) is 5.92 Å². The van der Waals surface area contributed by atoms with Crippen LogP contribution in [0.15, 0.2) is 146 Å². The Hall–Kier alpha value is -4.68. The molecule has 8 rings (SSSR count). The van der Waals surface area contributed by atoms with Crippen molar-refractivity contribution in [1.29, 1.82) is 0 Å². The summed E-state index contributed by atoms with van der Waals surface area (Å²) in [7, 11) is 0. The zero-order valence-corrected chi connectivity index (χ0v) is 26.8. The van der Waals surface area contributed by atoms with Gasteiger partial charge in [-0.2, -0.15) is 30.3 Å². The van der Waals surface area contributed by atoms with Crippen LogP contribution in [0.3, 0.4) is 0 Å². The normalized spacial score (nSPS) is 12.9. The van der Waals surface area contributed by atoms with E-state index < -0.39 is 0 Å². The summed E-state index contributed by atoms with van der Waals surface area (Å²) in [6.45, 7) is 1.05. The molecular formula is C41H29O2Re-. The fraction of sp³-hybridized carbons (Fsp3) is 0.0732. The van der Waals surface area contributed by atoms with Crippen LogP contribution in [-0.4, -0.2) is 13.2 Å². The number of hydrogen-bond acceptors (Lipinski definition) is 2. The van der Waals surface area contributed by atoms with E-state index in [-0.39, 0.29) is 26.3 Å². The molecule has 0 saturated carbocycles. The van der Waals surface area contributed by atoms with Gasteiger partial charge in [-0.1, -0.05) is 97.1 Å². The molecule has 3 heteroatoms. The van der Waals surface area contributed by atoms with Crippen LogP contribution in [0.1, 0.15) is 11.5 Å². The first-order valence-electron chi connectivity index (χ1n) is 14.8. The van der Waals surface area contributed by atoms with Crippen molar-refractivity contribution in [2.24, 2.45) is 0 Å². The maximum absolute atomic E-state index is 6.71. The molecule has 0 atom stereocenters. The fourth-order valence-electron chi connectivity index (χ4n) is 6.29. The van der Waals surface area contributed by atoms with Gasteiger partial charge in [-0.05, 0) is 68.1 Å². The Kier molecular flexibility index (Phi) is 7.75. The summed E-state index contributed by atoms with van der Waals surface area (Å²) in [5, 5.41) is 4.63. The molecule has 0 fully saturated rings. The Bertz CT molecular complexity index is 1940. The van der Waals surface area contributed by atoms with Gasteiger partial charge in [-0.3, -0.25) is 0 Å². The summed E-state index contributed by atoms with van der Waals surface area (Å²) in [6.07, 6.45) is 0. The minimum Gasteiger partial charge on any atom is -0.492 e. The Morgan fingerprint density at radius 3 is 1.43 bits per heavy atom. The minimum absolute atomic E-state index is 0. The van der Waals surface area contributed by atoms with Crippen molar-refractivity contribution in [3.8, 4) is 44.9 Å². The molecule has 0 saturated heterocycles. The van der Waals surface area contributed by atoms with E-state index in [0.29, 0.717) is 13.2 Å². The number of benzene rings is 7. The van der Waals surface area contributed by atoms with Gasteiger partial charge in [0.05, 0.1) is 13.2 Å². The van der Waals surface area contributed by atoms with E-state index in [2.05, 4.69) is 140 Å². The topological polar surface area (TPSA) is 18.5 Å². The van der Waals surface area contributed by atoms with E-state index in [4.69, 9.17) is 9.47 Å². The summed E-state index contributed by atoms with van der Waals surface area (Å²) in [5.41, 5.74) is 8.13. The van der Waals surface area contributed by atoms with Crippen LogP contribution in [0, 0.1) is 6.07 Å². The van der Waals surface area contributed by atoms with Gasteiger partial charge in [0.25, 0.3) is 0 Å². The fourth-order valence-corrected chi connectivity index (χ4v) is 6.29. The predicted octanol–water partition coefficient (Wildman–Crippen LogP) is 10.3. The Balaban J connectivity index is 0.00000312. The van der Waals surface area contributed by atoms with Gasteiger partial charge in [0, 0.05) is 37.5 Å². The predicted molar refractivity (Wildman–Crippen MR) is 177 cm³/mol. The third-order valence-corrected chi connectivity index (χ3v) is 8.52. The average Bonchev–Trinajstić information content (AvgIpc) is 3.16. The quantitative estimate of drug-likeness (QED) is 0.168. The zero-order valence-electron chi connectivity index (χ0n) is 24.0. The first-order valence-corrected chi connectivity index (χ1v) is 14.8. The van der Waals surface area contributed by atoms with Crippen molar-refractivity contribution in [3.63, 3.8) is 0 Å². The van der Waals surface area contributed by atoms with E-state index in [1.165, 1.54) is 38.6 Å². The molecule has 44 heavy (non-hydrogen) atoms. The smallest absolute Gasteiger partial charge is 0.127 e. The SMILES string of the molecule is [Re].[c-]1ccc(C2COc3ccc4cc(-c5ccccc5)ccc4c3-c3c(ccc4cc(-c5ccccc5)ccc34)OC2)cc1. The molecule has 7 aromatic carbocycles. The Morgan fingerprint density at radius 1 is 0.477 bits per heavy atom. The third kappa shape index (κ3) is 5.20. The van der Waals surface area contributed by atoms with Crippen molar-refractivity contribution in [3.05, 3.63) is 157 Å². The molecule has 0 aromatic heterocycles. The van der Waals surface area contributed by atoms with Crippen LogP contribution in [-0.2, 0) is 20.4 Å². The van der Waals surface area contributed by atoms with Crippen LogP contribution in [0.2, 0.25) is 0 Å². The van der Waals surface area contributed by atoms with Gasteiger partial charge in [-0.15, -0.1) is 5.56 Å². The van der Waals surface area contributed by atoms with E-state index >= 15 is 0 Å². The molecule has 2 nitrogen and oxygen atoms in total. The van der Waals surface area contributed by atoms with Gasteiger partial charge in [0.15, 0.2) is 0 Å². The van der Waals surface area contributed by atoms with E-state index in [1.807, 2.05) is 12.1 Å². The van der Waals surface area contributed by atoms with Gasteiger partial charge >= 0.3 is 0 Å². The van der Waals surface area contributed by atoms with Crippen molar-refractivity contribution in [1.82, 2.24) is 0 Å². The zero-order chi connectivity index (χ0) is 28.6. The van der Waals surface area contributed by atoms with E-state index in [1.54, 1.807) is 0 Å². The molecule has 1 aliphatic rings. The largest absolute Gasteiger partial charge is 0.492 e. The van der Waals surface area contributed by atoms with E-state index in [9.17, 15) is 0 Å². The first kappa shape index (κ1) is 28.1. The summed E-state index contributed by atoms with van der Waals surface area (Å²) < 4.78 is 13.4. The number of hydrogen-bond donors (Lipinski definition) is 0. The molecule has 1 radical (unpaired) electrons. The molecule has 1 aliphatic heterocycles. The monoisotopic (exact) mass is 740 g/mol. The summed E-state index contributed by atoms with van der Waals surface area (Å²) in [5.74, 6) is 1.83. The number of rotatable bonds is 3. The molecular weight excluding hydrogens is 711 g/mol. The minimum atomic E-state index is 0. The van der Waals surface area contributed by atoms with E-state index in [0.717, 1.165) is 33.4 Å². The average molecular weight is 740 g/mol. The molecule has 0 N–H and O–H groups in total. The van der Waals surface area contributed by atoms with Gasteiger partial charge in [0.1, 0.15) is 11.5 Å². The standard InChI is InChI=1S/C41H29O2.Re/c1-4-10-28(11-5-1)31-16-20-36-33(24-31)18-22-38-40(36)41-37-21-17-32(29-12-6-2-7-13-29)25-34(37)19-23-39(41)43-27-35(26-42-38)30-14-8-3-9-15-30;/h1-2,4-25,35H,26-27H2;/q-1;. The molecule has 7 aromatic rings. The maximum Gasteiger partial charge on any atom is 0.127 e. The molecule has 0 bridgehead atoms. The number of ether oxygens (including phenoxy) is 2. The van der Waals surface area contributed by atoms with Gasteiger partial charge in [0.2, 0.25) is 0 Å². The van der Waals surface area contributed by atoms with Crippen LogP contribution in [0.5, 0.6) is 11.5 Å². The molecule has 0 aliphatic carbocycles. The Morgan fingerprint density at radius 2 is 0.955 bits per heavy atom. The maximum atomic E-state index is 6.71. The summed E-state index contributed by atoms with van der Waals surface area (Å²) in [4.78, 5) is 0. The second-order valence-corrected chi connectivity index (χ2v) is 11.1. The summed E-state index contributed by atoms with van der Waals surface area (Å²) >= 11 is 0. The van der Waals surface area contributed by atoms with Crippen LogP contribution in [0.25, 0.3) is 54.9 Å². The van der Waals surface area contributed by atoms with Gasteiger partial charge in [-0.25, -0.2) is 0 Å². The number of fused-ring (bicyclic) bond motifs is 7. The van der Waals surface area contributed by atoms with Crippen molar-refractivity contribution in [2.75, 3.05) is 13.2 Å².